The molecule has 0 radical (unpaired) electrons. The van der Waals surface area contributed by atoms with Crippen LogP contribution in [0.4, 0.5) is 0 Å². The Balaban J connectivity index is 2.05. The molecule has 152 valence electrons. The minimum atomic E-state index is -3.79. The predicted octanol–water partition coefficient (Wildman–Crippen LogP) is 3.55. The first-order valence-electron chi connectivity index (χ1n) is 8.89. The quantitative estimate of drug-likeness (QED) is 0.703. The van der Waals surface area contributed by atoms with Gasteiger partial charge in [-0.2, -0.15) is 4.31 Å². The van der Waals surface area contributed by atoms with Gasteiger partial charge in [-0.1, -0.05) is 23.7 Å². The number of nitrogens with one attached hydrogen (secondary N) is 1. The zero-order valence-corrected chi connectivity index (χ0v) is 18.0. The Morgan fingerprint density at radius 3 is 2.43 bits per heavy atom. The van der Waals surface area contributed by atoms with Crippen LogP contribution >= 0.6 is 11.6 Å². The van der Waals surface area contributed by atoms with Crippen LogP contribution in [0, 0.1) is 6.92 Å². The van der Waals surface area contributed by atoms with Gasteiger partial charge < -0.3 is 10.1 Å². The molecule has 1 atom stereocenters. The molecular weight excluding hydrogens is 400 g/mol. The third kappa shape index (κ3) is 5.47. The molecule has 0 spiro atoms. The second kappa shape index (κ2) is 9.41. The standard InChI is InChI=1S/C20H25ClN2O4S/c1-5-27-19-11-10-18(12-14(19)2)28(25,26)23(4)13-20(24)22-15(3)16-6-8-17(21)9-7-16/h6-12,15H,5,13H2,1-4H3,(H,22,24)/t15-/m0/s1. The van der Waals surface area contributed by atoms with E-state index in [2.05, 4.69) is 5.32 Å². The lowest BCUT2D eigenvalue weighted by molar-refractivity contribution is -0.121. The average molecular weight is 425 g/mol. The molecule has 0 saturated heterocycles. The molecular formula is C20H25ClN2O4S. The molecule has 0 bridgehead atoms. The highest BCUT2D eigenvalue weighted by molar-refractivity contribution is 7.89. The fourth-order valence-corrected chi connectivity index (χ4v) is 4.03. The van der Waals surface area contributed by atoms with Gasteiger partial charge in [-0.05, 0) is 62.2 Å². The number of hydrogen-bond acceptors (Lipinski definition) is 4. The van der Waals surface area contributed by atoms with Crippen LogP contribution in [-0.2, 0) is 14.8 Å². The summed E-state index contributed by atoms with van der Waals surface area (Å²) in [5.74, 6) is 0.245. The molecule has 0 saturated carbocycles. The van der Waals surface area contributed by atoms with E-state index in [4.69, 9.17) is 16.3 Å². The molecule has 0 heterocycles. The summed E-state index contributed by atoms with van der Waals surface area (Å²) in [4.78, 5) is 12.4. The fraction of sp³-hybridized carbons (Fsp3) is 0.350. The summed E-state index contributed by atoms with van der Waals surface area (Å²) in [6.07, 6.45) is 0. The smallest absolute Gasteiger partial charge is 0.243 e. The number of hydrogen-bond donors (Lipinski definition) is 1. The lowest BCUT2D eigenvalue weighted by atomic mass is 10.1. The number of likely N-dealkylation sites (N-methyl/N-ethyl adjacent to an activating group) is 1. The Hall–Kier alpha value is -2.09. The van der Waals surface area contributed by atoms with Crippen LogP contribution in [-0.4, -0.2) is 38.8 Å². The van der Waals surface area contributed by atoms with E-state index >= 15 is 0 Å². The topological polar surface area (TPSA) is 75.7 Å². The maximum Gasteiger partial charge on any atom is 0.243 e. The third-order valence-corrected chi connectivity index (χ3v) is 6.32. The van der Waals surface area contributed by atoms with Crippen LogP contribution < -0.4 is 10.1 Å². The van der Waals surface area contributed by atoms with Gasteiger partial charge in [0.15, 0.2) is 0 Å². The van der Waals surface area contributed by atoms with Crippen molar-refractivity contribution in [3.8, 4) is 5.75 Å². The van der Waals surface area contributed by atoms with Gasteiger partial charge in [-0.15, -0.1) is 0 Å². The number of ether oxygens (including phenoxy) is 1. The highest BCUT2D eigenvalue weighted by Gasteiger charge is 2.24. The molecule has 0 aliphatic heterocycles. The summed E-state index contributed by atoms with van der Waals surface area (Å²) in [6, 6.07) is 11.5. The van der Waals surface area contributed by atoms with E-state index in [0.29, 0.717) is 17.4 Å². The van der Waals surface area contributed by atoms with Crippen LogP contribution in [0.3, 0.4) is 0 Å². The molecule has 0 aromatic heterocycles. The van der Waals surface area contributed by atoms with Crippen LogP contribution in [0.2, 0.25) is 5.02 Å². The molecule has 2 rings (SSSR count). The molecule has 0 aliphatic rings. The zero-order valence-electron chi connectivity index (χ0n) is 16.4. The average Bonchev–Trinajstić information content (AvgIpc) is 2.63. The molecule has 1 amide bonds. The molecule has 8 heteroatoms. The maximum atomic E-state index is 12.8. The normalized spacial score (nSPS) is 12.6. The molecule has 2 aromatic rings. The van der Waals surface area contributed by atoms with Gasteiger partial charge >= 0.3 is 0 Å². The zero-order chi connectivity index (χ0) is 20.9. The van der Waals surface area contributed by atoms with E-state index in [1.807, 2.05) is 26.0 Å². The van der Waals surface area contributed by atoms with E-state index in [9.17, 15) is 13.2 Å². The number of carbonyl (C=O) groups excluding carboxylic acids is 1. The van der Waals surface area contributed by atoms with E-state index < -0.39 is 15.9 Å². The Morgan fingerprint density at radius 2 is 1.86 bits per heavy atom. The third-order valence-electron chi connectivity index (χ3n) is 4.27. The Kier molecular flexibility index (Phi) is 7.46. The minimum absolute atomic E-state index is 0.120. The molecule has 28 heavy (non-hydrogen) atoms. The largest absolute Gasteiger partial charge is 0.494 e. The lowest BCUT2D eigenvalue weighted by Gasteiger charge is -2.20. The van der Waals surface area contributed by atoms with Crippen LogP contribution in [0.5, 0.6) is 5.75 Å². The number of halogens is 1. The van der Waals surface area contributed by atoms with Crippen LogP contribution in [0.15, 0.2) is 47.4 Å². The number of carbonyl (C=O) groups is 1. The molecule has 2 aromatic carbocycles. The van der Waals surface area contributed by atoms with Crippen molar-refractivity contribution >= 4 is 27.5 Å². The summed E-state index contributed by atoms with van der Waals surface area (Å²) in [5, 5.41) is 3.41. The monoisotopic (exact) mass is 424 g/mol. The first kappa shape index (κ1) is 22.2. The van der Waals surface area contributed by atoms with Crippen molar-refractivity contribution in [1.29, 1.82) is 0 Å². The van der Waals surface area contributed by atoms with Crippen LogP contribution in [0.25, 0.3) is 0 Å². The molecule has 0 fully saturated rings. The van der Waals surface area contributed by atoms with Gasteiger partial charge in [0.1, 0.15) is 5.75 Å². The van der Waals surface area contributed by atoms with Crippen molar-refractivity contribution in [1.82, 2.24) is 9.62 Å². The van der Waals surface area contributed by atoms with E-state index in [1.54, 1.807) is 31.2 Å². The second-order valence-electron chi connectivity index (χ2n) is 6.46. The van der Waals surface area contributed by atoms with Crippen molar-refractivity contribution in [3.63, 3.8) is 0 Å². The first-order chi connectivity index (χ1) is 13.1. The van der Waals surface area contributed by atoms with Crippen molar-refractivity contribution < 1.29 is 17.9 Å². The molecule has 6 nitrogen and oxygen atoms in total. The minimum Gasteiger partial charge on any atom is -0.494 e. The maximum absolute atomic E-state index is 12.8. The molecule has 0 aliphatic carbocycles. The lowest BCUT2D eigenvalue weighted by Crippen LogP contribution is -2.39. The van der Waals surface area contributed by atoms with Gasteiger partial charge in [0.05, 0.1) is 24.1 Å². The first-order valence-corrected chi connectivity index (χ1v) is 10.7. The van der Waals surface area contributed by atoms with Crippen molar-refractivity contribution in [2.24, 2.45) is 0 Å². The van der Waals surface area contributed by atoms with Gasteiger partial charge in [0.2, 0.25) is 15.9 Å². The van der Waals surface area contributed by atoms with Gasteiger partial charge in [-0.3, -0.25) is 4.79 Å². The highest BCUT2D eigenvalue weighted by atomic mass is 35.5. The molecule has 0 unspecified atom stereocenters. The Labute approximate surface area is 171 Å². The van der Waals surface area contributed by atoms with Gasteiger partial charge in [0.25, 0.3) is 0 Å². The fourth-order valence-electron chi connectivity index (χ4n) is 2.69. The van der Waals surface area contributed by atoms with E-state index in [0.717, 1.165) is 15.4 Å². The second-order valence-corrected chi connectivity index (χ2v) is 8.94. The number of rotatable bonds is 8. The number of amides is 1. The summed E-state index contributed by atoms with van der Waals surface area (Å²) < 4.78 is 32.0. The summed E-state index contributed by atoms with van der Waals surface area (Å²) >= 11 is 5.87. The van der Waals surface area contributed by atoms with Crippen molar-refractivity contribution in [2.75, 3.05) is 20.2 Å². The van der Waals surface area contributed by atoms with E-state index in [-0.39, 0.29) is 17.5 Å². The van der Waals surface area contributed by atoms with Crippen LogP contribution in [0.1, 0.15) is 31.0 Å². The molecule has 1 N–H and O–H groups in total. The number of benzene rings is 2. The number of aryl methyl sites for hydroxylation is 1. The number of nitrogens with zero attached hydrogens (tertiary/aromatic N) is 1. The summed E-state index contributed by atoms with van der Waals surface area (Å²) in [5.41, 5.74) is 1.60. The Bertz CT molecular complexity index is 930. The SMILES string of the molecule is CCOc1ccc(S(=O)(=O)N(C)CC(=O)N[C@@H](C)c2ccc(Cl)cc2)cc1C. The highest BCUT2D eigenvalue weighted by Crippen LogP contribution is 2.23. The van der Waals surface area contributed by atoms with E-state index in [1.165, 1.54) is 13.1 Å². The summed E-state index contributed by atoms with van der Waals surface area (Å²) in [6.45, 7) is 5.68. The van der Waals surface area contributed by atoms with Gasteiger partial charge in [-0.25, -0.2) is 8.42 Å². The predicted molar refractivity (Wildman–Crippen MR) is 110 cm³/mol. The van der Waals surface area contributed by atoms with Crippen molar-refractivity contribution in [2.45, 2.75) is 31.7 Å². The summed E-state index contributed by atoms with van der Waals surface area (Å²) in [7, 11) is -2.41. The Morgan fingerprint density at radius 1 is 1.21 bits per heavy atom. The van der Waals surface area contributed by atoms with Crippen molar-refractivity contribution in [3.05, 3.63) is 58.6 Å². The number of sulfonamides is 1. The van der Waals surface area contributed by atoms with Gasteiger partial charge in [0, 0.05) is 12.1 Å².